The fourth-order valence-corrected chi connectivity index (χ4v) is 2.61. The van der Waals surface area contributed by atoms with E-state index in [0.29, 0.717) is 0 Å². The second kappa shape index (κ2) is 6.52. The number of likely N-dealkylation sites (N-methyl/N-ethyl adjacent to an activating group) is 1. The topological polar surface area (TPSA) is 54.6 Å². The Morgan fingerprint density at radius 1 is 1.62 bits per heavy atom. The number of dihydropyridines is 1. The van der Waals surface area contributed by atoms with E-state index < -0.39 is 0 Å². The molecule has 0 amide bonds. The van der Waals surface area contributed by atoms with Crippen molar-refractivity contribution >= 4 is 17.1 Å². The van der Waals surface area contributed by atoms with Crippen LogP contribution in [0, 0.1) is 0 Å². The molecular weight excluding hydrogens is 262 g/mol. The van der Waals surface area contributed by atoms with Crippen LogP contribution < -0.4 is 5.32 Å². The van der Waals surface area contributed by atoms with Gasteiger partial charge in [0.05, 0.1) is 23.8 Å². The number of nitrogens with zero attached hydrogens (tertiary/aromatic N) is 4. The van der Waals surface area contributed by atoms with Crippen LogP contribution in [0.25, 0.3) is 5.57 Å². The van der Waals surface area contributed by atoms with Crippen molar-refractivity contribution in [3.63, 3.8) is 0 Å². The van der Waals surface area contributed by atoms with Gasteiger partial charge in [-0.1, -0.05) is 13.5 Å². The van der Waals surface area contributed by atoms with Gasteiger partial charge in [0, 0.05) is 32.4 Å². The molecule has 1 aliphatic rings. The number of hydrogen-bond acceptors (Lipinski definition) is 4. The molecule has 0 bridgehead atoms. The van der Waals surface area contributed by atoms with Crippen molar-refractivity contribution in [1.29, 1.82) is 0 Å². The van der Waals surface area contributed by atoms with Crippen LogP contribution in [0.2, 0.25) is 0 Å². The van der Waals surface area contributed by atoms with Gasteiger partial charge in [0.15, 0.2) is 0 Å². The number of imidazole rings is 1. The molecule has 0 radical (unpaired) electrons. The Labute approximate surface area is 126 Å². The summed E-state index contributed by atoms with van der Waals surface area (Å²) in [6, 6.07) is 0.0463. The molecule has 1 atom stereocenters. The molecule has 112 valence electrons. The number of hydrogen-bond donors (Lipinski definition) is 1. The number of nitrogens with one attached hydrogen (secondary N) is 1. The Balaban J connectivity index is 2.42. The minimum absolute atomic E-state index is 0.0463. The highest BCUT2D eigenvalue weighted by molar-refractivity contribution is 6.04. The van der Waals surface area contributed by atoms with Crippen LogP contribution in [-0.4, -0.2) is 34.2 Å². The lowest BCUT2D eigenvalue weighted by atomic mass is 9.95. The molecule has 2 heterocycles. The second-order valence-electron chi connectivity index (χ2n) is 5.11. The summed E-state index contributed by atoms with van der Waals surface area (Å²) in [4.78, 5) is 13.5. The van der Waals surface area contributed by atoms with E-state index >= 15 is 0 Å². The molecule has 1 aliphatic heterocycles. The maximum Gasteiger partial charge on any atom is 0.121 e. The molecule has 1 aromatic heterocycles. The summed E-state index contributed by atoms with van der Waals surface area (Å²) in [6.45, 7) is 7.79. The maximum absolute atomic E-state index is 4.69. The molecule has 5 nitrogen and oxygen atoms in total. The van der Waals surface area contributed by atoms with Gasteiger partial charge in [0.25, 0.3) is 0 Å². The summed E-state index contributed by atoms with van der Waals surface area (Å²) in [7, 11) is 3.92. The highest BCUT2D eigenvalue weighted by Crippen LogP contribution is 2.27. The zero-order valence-corrected chi connectivity index (χ0v) is 13.2. The van der Waals surface area contributed by atoms with Gasteiger partial charge in [-0.15, -0.1) is 0 Å². The lowest BCUT2D eigenvalue weighted by molar-refractivity contribution is 0.831. The van der Waals surface area contributed by atoms with Gasteiger partial charge in [-0.25, -0.2) is 4.98 Å². The van der Waals surface area contributed by atoms with Crippen molar-refractivity contribution in [2.75, 3.05) is 7.05 Å². The highest BCUT2D eigenvalue weighted by atomic mass is 15.0. The molecule has 0 saturated carbocycles. The van der Waals surface area contributed by atoms with E-state index in [1.807, 2.05) is 27.3 Å². The first kappa shape index (κ1) is 15.2. The molecular formula is C16H23N5. The van der Waals surface area contributed by atoms with E-state index in [1.54, 1.807) is 6.20 Å². The molecule has 0 unspecified atom stereocenters. The van der Waals surface area contributed by atoms with E-state index in [1.165, 1.54) is 11.3 Å². The molecule has 2 rings (SSSR count). The first-order valence-corrected chi connectivity index (χ1v) is 7.22. The van der Waals surface area contributed by atoms with Crippen molar-refractivity contribution in [2.24, 2.45) is 17.0 Å². The summed E-state index contributed by atoms with van der Waals surface area (Å²) in [6.07, 6.45) is 7.31. The molecule has 5 heteroatoms. The van der Waals surface area contributed by atoms with E-state index in [9.17, 15) is 0 Å². The predicted octanol–water partition coefficient (Wildman–Crippen LogP) is 2.36. The fourth-order valence-electron chi connectivity index (χ4n) is 2.61. The maximum atomic E-state index is 4.69. The van der Waals surface area contributed by atoms with Crippen LogP contribution in [0.1, 0.15) is 31.7 Å². The van der Waals surface area contributed by atoms with Crippen molar-refractivity contribution in [1.82, 2.24) is 14.9 Å². The normalized spacial score (nSPS) is 19.0. The van der Waals surface area contributed by atoms with E-state index in [-0.39, 0.29) is 6.04 Å². The van der Waals surface area contributed by atoms with Crippen LogP contribution in [0.5, 0.6) is 0 Å². The van der Waals surface area contributed by atoms with E-state index in [2.05, 4.69) is 44.4 Å². The third kappa shape index (κ3) is 3.12. The van der Waals surface area contributed by atoms with Crippen molar-refractivity contribution in [3.8, 4) is 0 Å². The second-order valence-corrected chi connectivity index (χ2v) is 5.11. The van der Waals surface area contributed by atoms with Crippen molar-refractivity contribution < 1.29 is 0 Å². The van der Waals surface area contributed by atoms with Crippen LogP contribution >= 0.6 is 0 Å². The van der Waals surface area contributed by atoms with Gasteiger partial charge in [0.2, 0.25) is 0 Å². The summed E-state index contributed by atoms with van der Waals surface area (Å²) in [5, 5.41) is 3.14. The third-order valence-corrected chi connectivity index (χ3v) is 3.70. The number of aryl methyl sites for hydroxylation is 2. The smallest absolute Gasteiger partial charge is 0.121 e. The largest absolute Gasteiger partial charge is 0.373 e. The standard InChI is InChI=1S/C16H23N5/c1-6-13-16(21(5)10-19-13)12-8-14(11(3)18-7-2)20-15(9-12)17-4/h7,9-10,14H,2,6,8H2,1,3-5H3,(H,17,20)/t14-/m0/s1. The van der Waals surface area contributed by atoms with Crippen LogP contribution in [0.3, 0.4) is 0 Å². The van der Waals surface area contributed by atoms with Crippen LogP contribution in [0.15, 0.2) is 35.2 Å². The Bertz CT molecular complexity index is 619. The number of aromatic nitrogens is 2. The Kier molecular flexibility index (Phi) is 4.73. The van der Waals surface area contributed by atoms with Gasteiger partial charge in [-0.05, 0) is 25.0 Å². The average Bonchev–Trinajstić information content (AvgIpc) is 2.87. The summed E-state index contributed by atoms with van der Waals surface area (Å²) >= 11 is 0. The van der Waals surface area contributed by atoms with Gasteiger partial charge >= 0.3 is 0 Å². The average molecular weight is 285 g/mol. The highest BCUT2D eigenvalue weighted by Gasteiger charge is 2.23. The quantitative estimate of drug-likeness (QED) is 0.863. The number of rotatable bonds is 4. The van der Waals surface area contributed by atoms with Gasteiger partial charge in [0.1, 0.15) is 5.84 Å². The third-order valence-electron chi connectivity index (χ3n) is 3.70. The predicted molar refractivity (Wildman–Crippen MR) is 88.8 cm³/mol. The Morgan fingerprint density at radius 2 is 2.38 bits per heavy atom. The van der Waals surface area contributed by atoms with Gasteiger partial charge < -0.3 is 9.88 Å². The molecule has 21 heavy (non-hydrogen) atoms. The zero-order valence-electron chi connectivity index (χ0n) is 13.2. The van der Waals surface area contributed by atoms with E-state index in [4.69, 9.17) is 0 Å². The first-order valence-electron chi connectivity index (χ1n) is 7.22. The molecule has 0 saturated heterocycles. The fraction of sp³-hybridized carbons (Fsp3) is 0.438. The molecule has 1 aromatic rings. The van der Waals surface area contributed by atoms with Crippen LogP contribution in [0.4, 0.5) is 0 Å². The summed E-state index contributed by atoms with van der Waals surface area (Å²) in [5.74, 6) is 0.878. The minimum Gasteiger partial charge on any atom is -0.373 e. The lowest BCUT2D eigenvalue weighted by Crippen LogP contribution is -2.28. The molecule has 1 N–H and O–H groups in total. The lowest BCUT2D eigenvalue weighted by Gasteiger charge is -2.22. The summed E-state index contributed by atoms with van der Waals surface area (Å²) < 4.78 is 2.08. The zero-order chi connectivity index (χ0) is 15.4. The molecule has 0 spiro atoms. The Hall–Kier alpha value is -2.17. The number of aliphatic imine (C=N–C) groups is 2. The van der Waals surface area contributed by atoms with Gasteiger partial charge in [-0.2, -0.15) is 0 Å². The SMILES string of the molecule is C=CN=C(C)[C@@H]1CC(c2c(CC)ncn2C)=CC(NC)=N1. The van der Waals surface area contributed by atoms with Gasteiger partial charge in [-0.3, -0.25) is 9.98 Å². The number of amidine groups is 1. The summed E-state index contributed by atoms with van der Waals surface area (Å²) in [5.41, 5.74) is 4.54. The molecule has 0 fully saturated rings. The minimum atomic E-state index is 0.0463. The van der Waals surface area contributed by atoms with E-state index in [0.717, 1.165) is 30.1 Å². The van der Waals surface area contributed by atoms with Crippen LogP contribution in [-0.2, 0) is 13.5 Å². The Morgan fingerprint density at radius 3 is 3.00 bits per heavy atom. The van der Waals surface area contributed by atoms with Crippen molar-refractivity contribution in [3.05, 3.63) is 36.6 Å². The molecule has 0 aliphatic carbocycles. The molecule has 0 aromatic carbocycles. The monoisotopic (exact) mass is 285 g/mol. The van der Waals surface area contributed by atoms with Crippen molar-refractivity contribution in [2.45, 2.75) is 32.7 Å². The first-order chi connectivity index (χ1) is 10.1.